The smallest absolute Gasteiger partial charge is 0.156 e. The molecule has 1 aromatic heterocycles. The van der Waals surface area contributed by atoms with Gasteiger partial charge in [-0.25, -0.2) is 0 Å². The number of hydrogen-bond acceptors (Lipinski definition) is 3. The average Bonchev–Trinajstić information content (AvgIpc) is 2.20. The molecule has 0 aromatic carbocycles. The van der Waals surface area contributed by atoms with E-state index in [1.54, 1.807) is 11.7 Å². The zero-order valence-electron chi connectivity index (χ0n) is 5.91. The van der Waals surface area contributed by atoms with E-state index in [0.717, 1.165) is 5.69 Å². The molecule has 0 radical (unpaired) electrons. The first kappa shape index (κ1) is 7.08. The number of aromatic nitrogens is 2. The van der Waals surface area contributed by atoms with Gasteiger partial charge in [-0.1, -0.05) is 0 Å². The van der Waals surface area contributed by atoms with Crippen LogP contribution in [0.1, 0.15) is 5.69 Å². The molecule has 10 heavy (non-hydrogen) atoms. The molecule has 1 aromatic rings. The van der Waals surface area contributed by atoms with Crippen molar-refractivity contribution in [3.8, 4) is 5.75 Å². The fraction of sp³-hybridized carbons (Fsp3) is 0.500. The summed E-state index contributed by atoms with van der Waals surface area (Å²) < 4.78 is 1.63. The Hall–Kier alpha value is -1.03. The van der Waals surface area contributed by atoms with Gasteiger partial charge in [0, 0.05) is 13.5 Å². The largest absolute Gasteiger partial charge is 0.504 e. The van der Waals surface area contributed by atoms with E-state index in [2.05, 4.69) is 5.10 Å². The summed E-state index contributed by atoms with van der Waals surface area (Å²) in [5.74, 6) is 0.230. The van der Waals surface area contributed by atoms with E-state index in [-0.39, 0.29) is 5.75 Å². The third kappa shape index (κ3) is 1.11. The summed E-state index contributed by atoms with van der Waals surface area (Å²) in [6, 6.07) is 0. The number of aryl methyl sites for hydroxylation is 1. The molecular weight excluding hydrogens is 130 g/mol. The highest BCUT2D eigenvalue weighted by Crippen LogP contribution is 2.13. The first-order chi connectivity index (χ1) is 4.75. The van der Waals surface area contributed by atoms with Gasteiger partial charge in [0.25, 0.3) is 0 Å². The quantitative estimate of drug-likeness (QED) is 0.590. The Morgan fingerprint density at radius 3 is 2.90 bits per heavy atom. The summed E-state index contributed by atoms with van der Waals surface area (Å²) >= 11 is 0. The van der Waals surface area contributed by atoms with Gasteiger partial charge >= 0.3 is 0 Å². The van der Waals surface area contributed by atoms with Crippen molar-refractivity contribution in [2.75, 3.05) is 6.54 Å². The van der Waals surface area contributed by atoms with E-state index in [4.69, 9.17) is 10.8 Å². The first-order valence-corrected chi connectivity index (χ1v) is 3.15. The lowest BCUT2D eigenvalue weighted by Gasteiger charge is -1.98. The molecule has 0 aliphatic carbocycles. The van der Waals surface area contributed by atoms with Gasteiger partial charge in [0.05, 0.1) is 11.9 Å². The highest BCUT2D eigenvalue weighted by Gasteiger charge is 2.03. The van der Waals surface area contributed by atoms with Crippen molar-refractivity contribution in [3.63, 3.8) is 0 Å². The molecule has 0 aliphatic heterocycles. The molecule has 0 aliphatic rings. The summed E-state index contributed by atoms with van der Waals surface area (Å²) in [4.78, 5) is 0. The van der Waals surface area contributed by atoms with E-state index in [1.807, 2.05) is 0 Å². The Bertz CT molecular complexity index is 199. The minimum Gasteiger partial charge on any atom is -0.504 e. The number of hydrogen-bond donors (Lipinski definition) is 2. The minimum atomic E-state index is 0.230. The van der Waals surface area contributed by atoms with E-state index < -0.39 is 0 Å². The predicted octanol–water partition coefficient (Wildman–Crippen LogP) is -0.373. The van der Waals surface area contributed by atoms with Gasteiger partial charge in [-0.15, -0.1) is 0 Å². The maximum atomic E-state index is 9.12. The van der Waals surface area contributed by atoms with Gasteiger partial charge in [0.2, 0.25) is 0 Å². The van der Waals surface area contributed by atoms with Crippen LogP contribution in [-0.2, 0) is 13.5 Å². The summed E-state index contributed by atoms with van der Waals surface area (Å²) in [6.07, 6.45) is 2.09. The fourth-order valence-electron chi connectivity index (χ4n) is 0.878. The lowest BCUT2D eigenvalue weighted by molar-refractivity contribution is 0.465. The Morgan fingerprint density at radius 2 is 2.50 bits per heavy atom. The van der Waals surface area contributed by atoms with Crippen molar-refractivity contribution in [2.24, 2.45) is 12.8 Å². The third-order valence-corrected chi connectivity index (χ3v) is 1.42. The second kappa shape index (κ2) is 2.70. The molecule has 0 saturated heterocycles. The molecule has 0 spiro atoms. The minimum absolute atomic E-state index is 0.230. The van der Waals surface area contributed by atoms with Crippen LogP contribution in [0, 0.1) is 0 Å². The van der Waals surface area contributed by atoms with Crippen LogP contribution in [0.4, 0.5) is 0 Å². The molecule has 0 amide bonds. The predicted molar refractivity (Wildman–Crippen MR) is 37.6 cm³/mol. The molecule has 1 rings (SSSR count). The Morgan fingerprint density at radius 1 is 1.80 bits per heavy atom. The van der Waals surface area contributed by atoms with Crippen LogP contribution in [0.2, 0.25) is 0 Å². The van der Waals surface area contributed by atoms with E-state index in [9.17, 15) is 0 Å². The number of aromatic hydroxyl groups is 1. The second-order valence-electron chi connectivity index (χ2n) is 2.14. The monoisotopic (exact) mass is 141 g/mol. The van der Waals surface area contributed by atoms with Gasteiger partial charge in [0.15, 0.2) is 5.75 Å². The van der Waals surface area contributed by atoms with Crippen molar-refractivity contribution >= 4 is 0 Å². The van der Waals surface area contributed by atoms with Crippen LogP contribution in [0.5, 0.6) is 5.75 Å². The van der Waals surface area contributed by atoms with Crippen LogP contribution >= 0.6 is 0 Å². The SMILES string of the molecule is Cn1ncc(O)c1CCN. The number of nitrogens with zero attached hydrogens (tertiary/aromatic N) is 2. The molecule has 3 N–H and O–H groups in total. The molecule has 0 saturated carbocycles. The lowest BCUT2D eigenvalue weighted by atomic mass is 10.3. The van der Waals surface area contributed by atoms with Gasteiger partial charge in [-0.2, -0.15) is 5.10 Å². The zero-order valence-corrected chi connectivity index (χ0v) is 5.91. The Labute approximate surface area is 59.3 Å². The van der Waals surface area contributed by atoms with E-state index >= 15 is 0 Å². The molecule has 0 atom stereocenters. The van der Waals surface area contributed by atoms with Crippen LogP contribution in [0.3, 0.4) is 0 Å². The maximum Gasteiger partial charge on any atom is 0.156 e. The molecule has 4 nitrogen and oxygen atoms in total. The van der Waals surface area contributed by atoms with Crippen LogP contribution in [0.25, 0.3) is 0 Å². The highest BCUT2D eigenvalue weighted by molar-refractivity contribution is 5.22. The van der Waals surface area contributed by atoms with Crippen molar-refractivity contribution in [2.45, 2.75) is 6.42 Å². The summed E-state index contributed by atoms with van der Waals surface area (Å²) in [5, 5.41) is 13.0. The van der Waals surface area contributed by atoms with Crippen LogP contribution in [0.15, 0.2) is 6.20 Å². The number of rotatable bonds is 2. The Balaban J connectivity index is 2.87. The molecular formula is C6H11N3O. The van der Waals surface area contributed by atoms with Crippen molar-refractivity contribution in [1.29, 1.82) is 0 Å². The molecule has 0 bridgehead atoms. The van der Waals surface area contributed by atoms with Crippen LogP contribution < -0.4 is 5.73 Å². The second-order valence-corrected chi connectivity index (χ2v) is 2.14. The normalized spacial score (nSPS) is 10.2. The third-order valence-electron chi connectivity index (χ3n) is 1.42. The van der Waals surface area contributed by atoms with E-state index in [0.29, 0.717) is 13.0 Å². The van der Waals surface area contributed by atoms with E-state index in [1.165, 1.54) is 6.20 Å². The van der Waals surface area contributed by atoms with Gasteiger partial charge < -0.3 is 10.8 Å². The summed E-state index contributed by atoms with van der Waals surface area (Å²) in [7, 11) is 1.78. The zero-order chi connectivity index (χ0) is 7.56. The van der Waals surface area contributed by atoms with Gasteiger partial charge in [-0.3, -0.25) is 4.68 Å². The Kier molecular flexibility index (Phi) is 1.91. The highest BCUT2D eigenvalue weighted by atomic mass is 16.3. The molecule has 56 valence electrons. The summed E-state index contributed by atoms with van der Waals surface area (Å²) in [5.41, 5.74) is 6.10. The van der Waals surface area contributed by atoms with Crippen molar-refractivity contribution in [1.82, 2.24) is 9.78 Å². The first-order valence-electron chi connectivity index (χ1n) is 3.15. The van der Waals surface area contributed by atoms with Crippen LogP contribution in [-0.4, -0.2) is 21.4 Å². The average molecular weight is 141 g/mol. The molecule has 4 heteroatoms. The molecule has 0 fully saturated rings. The summed E-state index contributed by atoms with van der Waals surface area (Å²) in [6.45, 7) is 0.535. The van der Waals surface area contributed by atoms with Gasteiger partial charge in [0.1, 0.15) is 0 Å². The standard InChI is InChI=1S/C6H11N3O/c1-9-5(2-3-7)6(10)4-8-9/h4,10H,2-3,7H2,1H3. The van der Waals surface area contributed by atoms with Crippen molar-refractivity contribution < 1.29 is 5.11 Å². The number of nitrogens with two attached hydrogens (primary N) is 1. The van der Waals surface area contributed by atoms with Crippen molar-refractivity contribution in [3.05, 3.63) is 11.9 Å². The maximum absolute atomic E-state index is 9.12. The topological polar surface area (TPSA) is 64.1 Å². The van der Waals surface area contributed by atoms with Gasteiger partial charge in [-0.05, 0) is 6.54 Å². The molecule has 1 heterocycles. The molecule has 0 unspecified atom stereocenters. The fourth-order valence-corrected chi connectivity index (χ4v) is 0.878. The lowest BCUT2D eigenvalue weighted by Crippen LogP contribution is -2.07.